The predicted molar refractivity (Wildman–Crippen MR) is 114 cm³/mol. The molecule has 27 heavy (non-hydrogen) atoms. The van der Waals surface area contributed by atoms with Gasteiger partial charge in [0.05, 0.1) is 42.8 Å². The Hall–Kier alpha value is -2.24. The van der Waals surface area contributed by atoms with E-state index >= 15 is 0 Å². The van der Waals surface area contributed by atoms with Crippen molar-refractivity contribution < 1.29 is 9.69 Å². The van der Waals surface area contributed by atoms with Crippen molar-refractivity contribution in [2.24, 2.45) is 0 Å². The lowest BCUT2D eigenvalue weighted by Crippen LogP contribution is -3.12. The third kappa shape index (κ3) is 4.93. The van der Waals surface area contributed by atoms with Crippen molar-refractivity contribution in [1.29, 1.82) is 0 Å². The van der Waals surface area contributed by atoms with Crippen LogP contribution in [0, 0.1) is 6.92 Å². The number of aryl methyl sites for hydroxylation is 1. The number of hydrogen-bond donors (Lipinski definition) is 1. The van der Waals surface area contributed by atoms with Crippen molar-refractivity contribution in [3.05, 3.63) is 59.7 Å². The molecule has 2 aromatic carbocycles. The number of hydrogen-bond acceptors (Lipinski definition) is 3. The topological polar surface area (TPSA) is 37.6 Å². The minimum Gasteiger partial charge on any atom is -0.334 e. The van der Waals surface area contributed by atoms with E-state index < -0.39 is 0 Å². The van der Waals surface area contributed by atoms with Crippen LogP contribution in [0.3, 0.4) is 0 Å². The van der Waals surface area contributed by atoms with Gasteiger partial charge in [-0.05, 0) is 44.0 Å². The van der Waals surface area contributed by atoms with E-state index in [0.717, 1.165) is 40.5 Å². The fourth-order valence-electron chi connectivity index (χ4n) is 3.20. The quantitative estimate of drug-likeness (QED) is 0.650. The van der Waals surface area contributed by atoms with E-state index in [1.807, 2.05) is 41.3 Å². The number of carbonyl (C=O) groups excluding carboxylic acids is 1. The second kappa shape index (κ2) is 9.11. The molecule has 0 atom stereocenters. The van der Waals surface area contributed by atoms with Crippen molar-refractivity contribution >= 4 is 32.6 Å². The number of nitrogens with zero attached hydrogens (tertiary/aromatic N) is 2. The average Bonchev–Trinajstić information content (AvgIpc) is 3.08. The molecule has 3 rings (SSSR count). The summed E-state index contributed by atoms with van der Waals surface area (Å²) in [6.07, 6.45) is 0.406. The lowest BCUT2D eigenvalue weighted by molar-refractivity contribution is -0.894. The summed E-state index contributed by atoms with van der Waals surface area (Å²) in [7, 11) is 0. The molecule has 0 spiro atoms. The molecule has 4 nitrogen and oxygen atoms in total. The molecule has 0 fully saturated rings. The minimum absolute atomic E-state index is 0.114. The molecule has 1 aromatic heterocycles. The lowest BCUT2D eigenvalue weighted by Gasteiger charge is -2.23. The van der Waals surface area contributed by atoms with Crippen LogP contribution in [0.15, 0.2) is 48.5 Å². The van der Waals surface area contributed by atoms with Crippen LogP contribution in [0.25, 0.3) is 10.2 Å². The summed E-state index contributed by atoms with van der Waals surface area (Å²) < 4.78 is 1.14. The van der Waals surface area contributed by atoms with Crippen LogP contribution < -0.4 is 9.80 Å². The maximum Gasteiger partial charge on any atom is 0.233 e. The normalized spacial score (nSPS) is 11.3. The van der Waals surface area contributed by atoms with Gasteiger partial charge in [0, 0.05) is 0 Å². The molecule has 3 aromatic rings. The molecule has 0 aliphatic heterocycles. The third-order valence-corrected chi connectivity index (χ3v) is 5.99. The van der Waals surface area contributed by atoms with E-state index in [1.54, 1.807) is 11.3 Å². The smallest absolute Gasteiger partial charge is 0.233 e. The second-order valence-corrected chi connectivity index (χ2v) is 7.89. The highest BCUT2D eigenvalue weighted by molar-refractivity contribution is 7.22. The van der Waals surface area contributed by atoms with Crippen molar-refractivity contribution in [3.63, 3.8) is 0 Å². The number of likely N-dealkylation sites (N-methyl/N-ethyl adjacent to an activating group) is 1. The number of carbonyl (C=O) groups is 1. The Morgan fingerprint density at radius 2 is 1.85 bits per heavy atom. The van der Waals surface area contributed by atoms with Gasteiger partial charge in [0.2, 0.25) is 5.91 Å². The van der Waals surface area contributed by atoms with E-state index in [2.05, 4.69) is 32.9 Å². The molecule has 142 valence electrons. The molecule has 0 aliphatic carbocycles. The van der Waals surface area contributed by atoms with E-state index in [-0.39, 0.29) is 5.91 Å². The molecule has 0 aliphatic rings. The fourth-order valence-corrected chi connectivity index (χ4v) is 4.31. The molecule has 0 radical (unpaired) electrons. The zero-order chi connectivity index (χ0) is 19.2. The zero-order valence-corrected chi connectivity index (χ0v) is 17.2. The number of benzene rings is 2. The molecule has 1 N–H and O–H groups in total. The SMILES string of the molecule is CC[NH+](CC)CCN(C(=O)Cc1ccccc1)c1nc2ccc(C)cc2s1. The lowest BCUT2D eigenvalue weighted by atomic mass is 10.1. The average molecular weight is 383 g/mol. The standard InChI is InChI=1S/C22H27N3OS/c1-4-24(5-2)13-14-25(21(26)16-18-9-7-6-8-10-18)22-23-19-12-11-17(3)15-20(19)27-22/h6-12,15H,4-5,13-14,16H2,1-3H3/p+1. The molecule has 0 unspecified atom stereocenters. The van der Waals surface area contributed by atoms with Crippen LogP contribution in [-0.2, 0) is 11.2 Å². The van der Waals surface area contributed by atoms with E-state index in [4.69, 9.17) is 4.98 Å². The first-order valence-corrected chi connectivity index (χ1v) is 10.5. The van der Waals surface area contributed by atoms with Gasteiger partial charge in [-0.3, -0.25) is 9.69 Å². The minimum atomic E-state index is 0.114. The van der Waals surface area contributed by atoms with E-state index in [1.165, 1.54) is 10.5 Å². The van der Waals surface area contributed by atoms with Gasteiger partial charge in [0.25, 0.3) is 0 Å². The van der Waals surface area contributed by atoms with Gasteiger partial charge in [-0.2, -0.15) is 0 Å². The van der Waals surface area contributed by atoms with Crippen LogP contribution >= 0.6 is 11.3 Å². The summed E-state index contributed by atoms with van der Waals surface area (Å²) in [6.45, 7) is 10.2. The van der Waals surface area contributed by atoms with Crippen molar-refractivity contribution in [2.45, 2.75) is 27.2 Å². The van der Waals surface area contributed by atoms with Crippen molar-refractivity contribution in [3.8, 4) is 0 Å². The van der Waals surface area contributed by atoms with Gasteiger partial charge in [0.15, 0.2) is 5.13 Å². The summed E-state index contributed by atoms with van der Waals surface area (Å²) >= 11 is 1.61. The molecule has 1 amide bonds. The molecular formula is C22H28N3OS+. The summed E-state index contributed by atoms with van der Waals surface area (Å²) in [5.74, 6) is 0.114. The van der Waals surface area contributed by atoms with Crippen LogP contribution in [0.4, 0.5) is 5.13 Å². The van der Waals surface area contributed by atoms with Gasteiger partial charge in [-0.25, -0.2) is 4.98 Å². The molecule has 0 saturated heterocycles. The van der Waals surface area contributed by atoms with E-state index in [9.17, 15) is 4.79 Å². The number of quaternary nitrogens is 1. The van der Waals surface area contributed by atoms with Crippen molar-refractivity contribution in [2.75, 3.05) is 31.1 Å². The number of fused-ring (bicyclic) bond motifs is 1. The third-order valence-electron chi connectivity index (χ3n) is 4.95. The highest BCUT2D eigenvalue weighted by Crippen LogP contribution is 2.29. The predicted octanol–water partition coefficient (Wildman–Crippen LogP) is 3.11. The number of amides is 1. The Balaban J connectivity index is 1.86. The van der Waals surface area contributed by atoms with Gasteiger partial charge >= 0.3 is 0 Å². The van der Waals surface area contributed by atoms with Crippen LogP contribution in [0.1, 0.15) is 25.0 Å². The Labute approximate surface area is 165 Å². The first kappa shape index (κ1) is 19.5. The molecule has 0 saturated carbocycles. The number of nitrogens with one attached hydrogen (secondary N) is 1. The summed E-state index contributed by atoms with van der Waals surface area (Å²) in [4.78, 5) is 21.3. The Morgan fingerprint density at radius 3 is 2.56 bits per heavy atom. The van der Waals surface area contributed by atoms with Crippen molar-refractivity contribution in [1.82, 2.24) is 4.98 Å². The maximum absolute atomic E-state index is 13.1. The van der Waals surface area contributed by atoms with Gasteiger partial charge < -0.3 is 4.90 Å². The zero-order valence-electron chi connectivity index (χ0n) is 16.4. The summed E-state index contributed by atoms with van der Waals surface area (Å²) in [6, 6.07) is 16.2. The Kier molecular flexibility index (Phi) is 6.58. The monoisotopic (exact) mass is 382 g/mol. The summed E-state index contributed by atoms with van der Waals surface area (Å²) in [5.41, 5.74) is 3.22. The molecule has 1 heterocycles. The Morgan fingerprint density at radius 1 is 1.11 bits per heavy atom. The first-order chi connectivity index (χ1) is 13.1. The van der Waals surface area contributed by atoms with Crippen LogP contribution in [0.5, 0.6) is 0 Å². The molecular weight excluding hydrogens is 354 g/mol. The van der Waals surface area contributed by atoms with Gasteiger partial charge in [-0.1, -0.05) is 47.7 Å². The number of aromatic nitrogens is 1. The highest BCUT2D eigenvalue weighted by atomic mass is 32.1. The summed E-state index contributed by atoms with van der Waals surface area (Å²) in [5, 5.41) is 0.808. The van der Waals surface area contributed by atoms with Gasteiger partial charge in [-0.15, -0.1) is 0 Å². The van der Waals surface area contributed by atoms with E-state index in [0.29, 0.717) is 13.0 Å². The highest BCUT2D eigenvalue weighted by Gasteiger charge is 2.21. The van der Waals surface area contributed by atoms with Crippen LogP contribution in [0.2, 0.25) is 0 Å². The first-order valence-electron chi connectivity index (χ1n) is 9.65. The second-order valence-electron chi connectivity index (χ2n) is 6.88. The number of thiazole rings is 1. The Bertz CT molecular complexity index is 887. The fraction of sp³-hybridized carbons (Fsp3) is 0.364. The molecule has 0 bridgehead atoms. The number of rotatable bonds is 8. The molecule has 5 heteroatoms. The van der Waals surface area contributed by atoms with Crippen LogP contribution in [-0.4, -0.2) is 37.1 Å². The van der Waals surface area contributed by atoms with Gasteiger partial charge in [0.1, 0.15) is 0 Å². The largest absolute Gasteiger partial charge is 0.334 e. The maximum atomic E-state index is 13.1. The number of anilines is 1.